The molecule has 0 rings (SSSR count). The van der Waals surface area contributed by atoms with E-state index in [1.54, 1.807) is 6.92 Å². The standard InChI is InChI=1S/C10H19N3O3S/c1-3-5-6-9(17)11-7-8(14)12-13-10(15)16-4-2/h3-7H2,1-2H3,(H,11,17)(H,12,14)(H,13,15). The molecule has 17 heavy (non-hydrogen) atoms. The molecule has 0 aliphatic heterocycles. The Kier molecular flexibility index (Phi) is 9.04. The number of hydrazine groups is 1. The van der Waals surface area contributed by atoms with Crippen LogP contribution in [0.5, 0.6) is 0 Å². The summed E-state index contributed by atoms with van der Waals surface area (Å²) in [6.07, 6.45) is 2.13. The molecule has 7 heteroatoms. The van der Waals surface area contributed by atoms with Gasteiger partial charge in [-0.3, -0.25) is 10.2 Å². The molecule has 6 nitrogen and oxygen atoms in total. The van der Waals surface area contributed by atoms with Gasteiger partial charge in [0.2, 0.25) is 0 Å². The third-order valence-corrected chi connectivity index (χ3v) is 2.13. The summed E-state index contributed by atoms with van der Waals surface area (Å²) in [6.45, 7) is 4.03. The van der Waals surface area contributed by atoms with Gasteiger partial charge in [0.25, 0.3) is 5.91 Å². The fourth-order valence-corrected chi connectivity index (χ4v) is 1.15. The minimum atomic E-state index is -0.686. The van der Waals surface area contributed by atoms with Gasteiger partial charge >= 0.3 is 6.09 Å². The van der Waals surface area contributed by atoms with E-state index in [1.807, 2.05) is 0 Å². The number of rotatable bonds is 6. The highest BCUT2D eigenvalue weighted by atomic mass is 32.1. The second-order valence-electron chi connectivity index (χ2n) is 3.27. The Balaban J connectivity index is 3.59. The molecule has 0 aromatic rings. The highest BCUT2D eigenvalue weighted by molar-refractivity contribution is 7.80. The number of hydrogen-bond donors (Lipinski definition) is 3. The van der Waals surface area contributed by atoms with Crippen LogP contribution in [0.15, 0.2) is 0 Å². The van der Waals surface area contributed by atoms with E-state index in [4.69, 9.17) is 12.2 Å². The zero-order valence-corrected chi connectivity index (χ0v) is 11.0. The summed E-state index contributed by atoms with van der Waals surface area (Å²) in [5, 5.41) is 2.80. The van der Waals surface area contributed by atoms with E-state index < -0.39 is 6.09 Å². The van der Waals surface area contributed by atoms with Crippen LogP contribution in [-0.2, 0) is 9.53 Å². The van der Waals surface area contributed by atoms with E-state index in [2.05, 4.69) is 27.8 Å². The first-order valence-electron chi connectivity index (χ1n) is 5.58. The maximum Gasteiger partial charge on any atom is 0.426 e. The predicted octanol–water partition coefficient (Wildman–Crippen LogP) is 0.871. The molecule has 2 amide bonds. The van der Waals surface area contributed by atoms with Gasteiger partial charge in [0.15, 0.2) is 0 Å². The van der Waals surface area contributed by atoms with E-state index in [0.29, 0.717) is 4.99 Å². The van der Waals surface area contributed by atoms with Gasteiger partial charge in [0, 0.05) is 0 Å². The first-order chi connectivity index (χ1) is 8.10. The van der Waals surface area contributed by atoms with Gasteiger partial charge in [0.05, 0.1) is 18.1 Å². The van der Waals surface area contributed by atoms with Crippen molar-refractivity contribution >= 4 is 29.2 Å². The van der Waals surface area contributed by atoms with E-state index in [-0.39, 0.29) is 19.1 Å². The Hall–Kier alpha value is -1.37. The number of hydrogen-bond acceptors (Lipinski definition) is 4. The van der Waals surface area contributed by atoms with Gasteiger partial charge in [-0.25, -0.2) is 10.2 Å². The van der Waals surface area contributed by atoms with Crippen molar-refractivity contribution in [2.75, 3.05) is 13.2 Å². The van der Waals surface area contributed by atoms with Crippen LogP contribution in [0, 0.1) is 0 Å². The Bertz CT molecular complexity index is 272. The largest absolute Gasteiger partial charge is 0.449 e. The van der Waals surface area contributed by atoms with Crippen molar-refractivity contribution in [2.24, 2.45) is 0 Å². The molecule has 0 bridgehead atoms. The number of thiocarbonyl (C=S) groups is 1. The lowest BCUT2D eigenvalue weighted by Crippen LogP contribution is -2.46. The van der Waals surface area contributed by atoms with Crippen molar-refractivity contribution in [2.45, 2.75) is 33.1 Å². The molecule has 0 heterocycles. The molecule has 0 saturated heterocycles. The molecule has 98 valence electrons. The van der Waals surface area contributed by atoms with Crippen LogP contribution in [0.2, 0.25) is 0 Å². The molecule has 0 aliphatic carbocycles. The summed E-state index contributed by atoms with van der Waals surface area (Å²) in [7, 11) is 0. The number of amides is 2. The number of carbonyl (C=O) groups excluding carboxylic acids is 2. The monoisotopic (exact) mass is 261 g/mol. The van der Waals surface area contributed by atoms with Gasteiger partial charge in [0.1, 0.15) is 0 Å². The third kappa shape index (κ3) is 9.55. The maximum absolute atomic E-state index is 11.2. The molecular formula is C10H19N3O3S. The average Bonchev–Trinajstić information content (AvgIpc) is 2.31. The quantitative estimate of drug-likeness (QED) is 0.488. The molecule has 0 aromatic heterocycles. The van der Waals surface area contributed by atoms with Crippen molar-refractivity contribution in [3.05, 3.63) is 0 Å². The van der Waals surface area contributed by atoms with Crippen molar-refractivity contribution in [1.82, 2.24) is 16.2 Å². The second kappa shape index (κ2) is 9.83. The number of unbranched alkanes of at least 4 members (excludes halogenated alkanes) is 1. The van der Waals surface area contributed by atoms with Crippen molar-refractivity contribution in [1.29, 1.82) is 0 Å². The van der Waals surface area contributed by atoms with E-state index >= 15 is 0 Å². The van der Waals surface area contributed by atoms with Gasteiger partial charge in [-0.1, -0.05) is 25.6 Å². The van der Waals surface area contributed by atoms with Crippen LogP contribution in [0.25, 0.3) is 0 Å². The Morgan fingerprint density at radius 3 is 2.53 bits per heavy atom. The van der Waals surface area contributed by atoms with Crippen molar-refractivity contribution in [3.63, 3.8) is 0 Å². The first-order valence-corrected chi connectivity index (χ1v) is 5.99. The fourth-order valence-electron chi connectivity index (χ4n) is 0.937. The summed E-state index contributed by atoms with van der Waals surface area (Å²) >= 11 is 5.01. The second-order valence-corrected chi connectivity index (χ2v) is 3.77. The average molecular weight is 261 g/mol. The van der Waals surface area contributed by atoms with Crippen LogP contribution in [0.1, 0.15) is 33.1 Å². The normalized spacial score (nSPS) is 9.29. The SMILES string of the molecule is CCCCC(=S)NCC(=O)NNC(=O)OCC. The van der Waals surface area contributed by atoms with Crippen molar-refractivity contribution < 1.29 is 14.3 Å². The van der Waals surface area contributed by atoms with E-state index in [1.165, 1.54) is 0 Å². The lowest BCUT2D eigenvalue weighted by atomic mass is 10.2. The minimum absolute atomic E-state index is 0.0367. The summed E-state index contributed by atoms with van der Waals surface area (Å²) < 4.78 is 4.56. The lowest BCUT2D eigenvalue weighted by molar-refractivity contribution is -0.120. The molecule has 3 N–H and O–H groups in total. The minimum Gasteiger partial charge on any atom is -0.449 e. The van der Waals surface area contributed by atoms with Crippen LogP contribution in [-0.4, -0.2) is 30.1 Å². The zero-order valence-electron chi connectivity index (χ0n) is 10.2. The Labute approximate surface area is 106 Å². The molecule has 0 spiro atoms. The lowest BCUT2D eigenvalue weighted by Gasteiger charge is -2.09. The topological polar surface area (TPSA) is 79.5 Å². The highest BCUT2D eigenvalue weighted by Gasteiger charge is 2.04. The molecule has 0 atom stereocenters. The van der Waals surface area contributed by atoms with Gasteiger partial charge in [-0.2, -0.15) is 0 Å². The molecule has 0 fully saturated rings. The van der Waals surface area contributed by atoms with Crippen LogP contribution in [0.3, 0.4) is 0 Å². The molecule has 0 radical (unpaired) electrons. The summed E-state index contributed by atoms with van der Waals surface area (Å²) in [4.78, 5) is 22.7. The number of ether oxygens (including phenoxy) is 1. The molecule has 0 saturated carbocycles. The molecule has 0 aliphatic rings. The van der Waals surface area contributed by atoms with Crippen LogP contribution < -0.4 is 16.2 Å². The summed E-state index contributed by atoms with van der Waals surface area (Å²) in [5.41, 5.74) is 4.30. The smallest absolute Gasteiger partial charge is 0.426 e. The number of nitrogens with one attached hydrogen (secondary N) is 3. The first kappa shape index (κ1) is 15.6. The highest BCUT2D eigenvalue weighted by Crippen LogP contribution is 1.94. The van der Waals surface area contributed by atoms with Crippen LogP contribution in [0.4, 0.5) is 4.79 Å². The van der Waals surface area contributed by atoms with E-state index in [9.17, 15) is 9.59 Å². The predicted molar refractivity (Wildman–Crippen MR) is 68.4 cm³/mol. The zero-order chi connectivity index (χ0) is 13.1. The van der Waals surface area contributed by atoms with Gasteiger partial charge in [-0.15, -0.1) is 0 Å². The third-order valence-electron chi connectivity index (χ3n) is 1.78. The summed E-state index contributed by atoms with van der Waals surface area (Å²) in [6, 6.07) is 0. The maximum atomic E-state index is 11.2. The fraction of sp³-hybridized carbons (Fsp3) is 0.700. The summed E-state index contributed by atoms with van der Waals surface area (Å²) in [5.74, 6) is -0.378. The molecule has 0 aromatic carbocycles. The number of carbonyl (C=O) groups is 2. The molecular weight excluding hydrogens is 242 g/mol. The van der Waals surface area contributed by atoms with E-state index in [0.717, 1.165) is 19.3 Å². The van der Waals surface area contributed by atoms with Gasteiger partial charge in [-0.05, 0) is 19.8 Å². The molecule has 0 unspecified atom stereocenters. The Morgan fingerprint density at radius 1 is 1.24 bits per heavy atom. The van der Waals surface area contributed by atoms with Crippen LogP contribution >= 0.6 is 12.2 Å². The van der Waals surface area contributed by atoms with Gasteiger partial charge < -0.3 is 10.1 Å². The van der Waals surface area contributed by atoms with Crippen molar-refractivity contribution in [3.8, 4) is 0 Å². The Morgan fingerprint density at radius 2 is 1.94 bits per heavy atom.